The Balaban J connectivity index is 2.91. The minimum atomic E-state index is 0.0524. The number of aryl methyl sites for hydroxylation is 1. The van der Waals surface area contributed by atoms with Crippen LogP contribution >= 0.6 is 0 Å². The molecule has 14 heavy (non-hydrogen) atoms. The summed E-state index contributed by atoms with van der Waals surface area (Å²) in [5.41, 5.74) is 1.61. The van der Waals surface area contributed by atoms with Crippen molar-refractivity contribution in [2.24, 2.45) is 0 Å². The molecule has 72 valence electrons. The van der Waals surface area contributed by atoms with Crippen molar-refractivity contribution in [1.82, 2.24) is 0 Å². The molecule has 0 heterocycles. The molecule has 1 aromatic rings. The molecular formula is C12H12O2. The number of benzene rings is 1. The normalized spacial score (nSPS) is 9.21. The molecule has 0 bridgehead atoms. The van der Waals surface area contributed by atoms with Gasteiger partial charge in [0, 0.05) is 5.56 Å². The van der Waals surface area contributed by atoms with Crippen LogP contribution in [0.15, 0.2) is 18.2 Å². The van der Waals surface area contributed by atoms with Crippen LogP contribution in [0.2, 0.25) is 0 Å². The van der Waals surface area contributed by atoms with Crippen molar-refractivity contribution < 1.29 is 9.53 Å². The van der Waals surface area contributed by atoms with E-state index in [0.29, 0.717) is 5.56 Å². The molecule has 0 atom stereocenters. The summed E-state index contributed by atoms with van der Waals surface area (Å²) in [4.78, 5) is 11.0. The summed E-state index contributed by atoms with van der Waals surface area (Å²) in [7, 11) is 0. The van der Waals surface area contributed by atoms with Gasteiger partial charge in [-0.05, 0) is 37.6 Å². The predicted octanol–water partition coefficient (Wildman–Crippen LogP) is 2.21. The number of carbonyl (C=O) groups excluding carboxylic acids is 1. The zero-order valence-corrected chi connectivity index (χ0v) is 8.33. The van der Waals surface area contributed by atoms with Gasteiger partial charge in [-0.1, -0.05) is 5.92 Å². The molecule has 2 nitrogen and oxygen atoms in total. The SMILES string of the molecule is C#CCOc1ccc(C(C)=O)cc1C. The largest absolute Gasteiger partial charge is 0.481 e. The summed E-state index contributed by atoms with van der Waals surface area (Å²) in [6, 6.07) is 5.30. The van der Waals surface area contributed by atoms with E-state index in [1.54, 1.807) is 18.2 Å². The molecule has 0 saturated carbocycles. The highest BCUT2D eigenvalue weighted by molar-refractivity contribution is 5.94. The van der Waals surface area contributed by atoms with Crippen LogP contribution in [0.5, 0.6) is 5.75 Å². The van der Waals surface area contributed by atoms with Gasteiger partial charge in [0.25, 0.3) is 0 Å². The van der Waals surface area contributed by atoms with Gasteiger partial charge in [-0.2, -0.15) is 0 Å². The Hall–Kier alpha value is -1.75. The van der Waals surface area contributed by atoms with Crippen molar-refractivity contribution in [2.45, 2.75) is 13.8 Å². The Morgan fingerprint density at radius 1 is 1.57 bits per heavy atom. The number of rotatable bonds is 3. The quantitative estimate of drug-likeness (QED) is 0.537. The smallest absolute Gasteiger partial charge is 0.159 e. The first-order valence-electron chi connectivity index (χ1n) is 4.33. The molecule has 0 aromatic heterocycles. The predicted molar refractivity (Wildman–Crippen MR) is 55.5 cm³/mol. The lowest BCUT2D eigenvalue weighted by atomic mass is 10.1. The maximum absolute atomic E-state index is 11.0. The van der Waals surface area contributed by atoms with E-state index >= 15 is 0 Å². The summed E-state index contributed by atoms with van der Waals surface area (Å²) >= 11 is 0. The lowest BCUT2D eigenvalue weighted by molar-refractivity contribution is 0.101. The van der Waals surface area contributed by atoms with Gasteiger partial charge in [0.15, 0.2) is 5.78 Å². The summed E-state index contributed by atoms with van der Waals surface area (Å²) in [5.74, 6) is 3.17. The van der Waals surface area contributed by atoms with Gasteiger partial charge in [-0.15, -0.1) is 6.42 Å². The van der Waals surface area contributed by atoms with Gasteiger partial charge in [0.1, 0.15) is 12.4 Å². The number of Topliss-reactive ketones (excluding diaryl/α,β-unsaturated/α-hetero) is 1. The van der Waals surface area contributed by atoms with E-state index in [2.05, 4.69) is 5.92 Å². The Bertz CT molecular complexity index is 386. The second-order valence-electron chi connectivity index (χ2n) is 3.03. The zero-order chi connectivity index (χ0) is 10.6. The minimum absolute atomic E-state index is 0.0524. The maximum atomic E-state index is 11.0. The van der Waals surface area contributed by atoms with E-state index in [9.17, 15) is 4.79 Å². The van der Waals surface area contributed by atoms with Crippen LogP contribution in [0.3, 0.4) is 0 Å². The van der Waals surface area contributed by atoms with Crippen molar-refractivity contribution in [3.63, 3.8) is 0 Å². The van der Waals surface area contributed by atoms with Crippen molar-refractivity contribution in [1.29, 1.82) is 0 Å². The van der Waals surface area contributed by atoms with E-state index in [1.165, 1.54) is 6.92 Å². The van der Waals surface area contributed by atoms with Crippen molar-refractivity contribution in [3.8, 4) is 18.1 Å². The van der Waals surface area contributed by atoms with Crippen LogP contribution in [-0.2, 0) is 0 Å². The van der Waals surface area contributed by atoms with Gasteiger partial charge < -0.3 is 4.74 Å². The van der Waals surface area contributed by atoms with E-state index in [1.807, 2.05) is 6.92 Å². The second kappa shape index (κ2) is 4.48. The topological polar surface area (TPSA) is 26.3 Å². The molecule has 2 heteroatoms. The van der Waals surface area contributed by atoms with Gasteiger partial charge in [-0.3, -0.25) is 4.79 Å². The highest BCUT2D eigenvalue weighted by Crippen LogP contribution is 2.19. The average Bonchev–Trinajstić information content (AvgIpc) is 2.15. The summed E-state index contributed by atoms with van der Waals surface area (Å²) in [6.07, 6.45) is 5.08. The highest BCUT2D eigenvalue weighted by Gasteiger charge is 2.03. The molecule has 0 saturated heterocycles. The van der Waals surface area contributed by atoms with Crippen molar-refractivity contribution in [3.05, 3.63) is 29.3 Å². The average molecular weight is 188 g/mol. The number of terminal acetylenes is 1. The van der Waals surface area contributed by atoms with E-state index in [0.717, 1.165) is 11.3 Å². The van der Waals surface area contributed by atoms with Crippen molar-refractivity contribution >= 4 is 5.78 Å². The molecule has 0 aliphatic rings. The minimum Gasteiger partial charge on any atom is -0.481 e. The van der Waals surface area contributed by atoms with Crippen LogP contribution in [0.25, 0.3) is 0 Å². The molecule has 0 fully saturated rings. The van der Waals surface area contributed by atoms with Gasteiger partial charge >= 0.3 is 0 Å². The molecule has 0 spiro atoms. The van der Waals surface area contributed by atoms with Gasteiger partial charge in [-0.25, -0.2) is 0 Å². The summed E-state index contributed by atoms with van der Waals surface area (Å²) in [6.45, 7) is 3.68. The third kappa shape index (κ3) is 2.37. The third-order valence-electron chi connectivity index (χ3n) is 1.89. The fourth-order valence-corrected chi connectivity index (χ4v) is 1.15. The fourth-order valence-electron chi connectivity index (χ4n) is 1.15. The number of hydrogen-bond donors (Lipinski definition) is 0. The van der Waals surface area contributed by atoms with E-state index in [-0.39, 0.29) is 12.4 Å². The second-order valence-corrected chi connectivity index (χ2v) is 3.03. The zero-order valence-electron chi connectivity index (χ0n) is 8.33. The molecule has 1 rings (SSSR count). The standard InChI is InChI=1S/C12H12O2/c1-4-7-14-12-6-5-11(10(3)13)8-9(12)2/h1,5-6,8H,7H2,2-3H3. The van der Waals surface area contributed by atoms with Crippen molar-refractivity contribution in [2.75, 3.05) is 6.61 Å². The third-order valence-corrected chi connectivity index (χ3v) is 1.89. The van der Waals surface area contributed by atoms with E-state index < -0.39 is 0 Å². The molecule has 0 radical (unpaired) electrons. The lowest BCUT2D eigenvalue weighted by Crippen LogP contribution is -1.98. The van der Waals surface area contributed by atoms with Crippen LogP contribution in [0, 0.1) is 19.3 Å². The van der Waals surface area contributed by atoms with Crippen LogP contribution in [0.4, 0.5) is 0 Å². The number of ether oxygens (including phenoxy) is 1. The summed E-state index contributed by atoms with van der Waals surface area (Å²) < 4.78 is 5.27. The molecular weight excluding hydrogens is 176 g/mol. The first kappa shape index (κ1) is 10.3. The molecule has 0 N–H and O–H groups in total. The Kier molecular flexibility index (Phi) is 3.30. The van der Waals surface area contributed by atoms with E-state index in [4.69, 9.17) is 11.2 Å². The molecule has 0 aliphatic carbocycles. The number of carbonyl (C=O) groups is 1. The Morgan fingerprint density at radius 2 is 2.29 bits per heavy atom. The Labute approximate surface area is 83.9 Å². The first-order valence-corrected chi connectivity index (χ1v) is 4.33. The molecule has 1 aromatic carbocycles. The van der Waals surface area contributed by atoms with Crippen LogP contribution in [-0.4, -0.2) is 12.4 Å². The molecule has 0 aliphatic heterocycles. The van der Waals surface area contributed by atoms with Crippen LogP contribution in [0.1, 0.15) is 22.8 Å². The molecule has 0 unspecified atom stereocenters. The lowest BCUT2D eigenvalue weighted by Gasteiger charge is -2.06. The maximum Gasteiger partial charge on any atom is 0.159 e. The van der Waals surface area contributed by atoms with Crippen LogP contribution < -0.4 is 4.74 Å². The first-order chi connectivity index (χ1) is 6.65. The molecule has 0 amide bonds. The van der Waals surface area contributed by atoms with Gasteiger partial charge in [0.2, 0.25) is 0 Å². The number of hydrogen-bond acceptors (Lipinski definition) is 2. The summed E-state index contributed by atoms with van der Waals surface area (Å²) in [5, 5.41) is 0. The van der Waals surface area contributed by atoms with Gasteiger partial charge in [0.05, 0.1) is 0 Å². The Morgan fingerprint density at radius 3 is 2.79 bits per heavy atom. The fraction of sp³-hybridized carbons (Fsp3) is 0.250. The monoisotopic (exact) mass is 188 g/mol. The number of ketones is 1. The highest BCUT2D eigenvalue weighted by atomic mass is 16.5.